The number of halogens is 1. The van der Waals surface area contributed by atoms with Gasteiger partial charge in [0.25, 0.3) is 0 Å². The van der Waals surface area contributed by atoms with Crippen molar-refractivity contribution in [2.45, 2.75) is 20.8 Å². The van der Waals surface area contributed by atoms with Crippen LogP contribution in [-0.4, -0.2) is 21.0 Å². The van der Waals surface area contributed by atoms with Crippen molar-refractivity contribution in [1.82, 2.24) is 15.0 Å². The van der Waals surface area contributed by atoms with Gasteiger partial charge in [-0.05, 0) is 18.1 Å². The molecule has 0 aliphatic carbocycles. The molecule has 2 heterocycles. The molecule has 0 unspecified atom stereocenters. The Morgan fingerprint density at radius 3 is 2.58 bits per heavy atom. The quantitative estimate of drug-likeness (QED) is 0.571. The second kappa shape index (κ2) is 8.15. The Kier molecular flexibility index (Phi) is 5.94. The number of nitrogens with one attached hydrogen (secondary N) is 3. The fraction of sp³-hybridized carbons (Fsp3) is 0.235. The standard InChI is InChI=1S/C13H10FN5O3.C4H10/c14-7-5-6(1-2-8(7)17-12(15)20)22-9-3-4-16-11-10(9)18-13(21)19-11;1-4(2)3/h1-5H,(H3,15,17,20)(H2,16,18,19,21);4H,1-3H3. The van der Waals surface area contributed by atoms with Gasteiger partial charge >= 0.3 is 11.7 Å². The Hall–Kier alpha value is -3.36. The van der Waals surface area contributed by atoms with Crippen LogP contribution in [0.15, 0.2) is 35.3 Å². The molecule has 0 aliphatic heterocycles. The number of urea groups is 1. The summed E-state index contributed by atoms with van der Waals surface area (Å²) in [5, 5.41) is 2.14. The number of nitrogens with two attached hydrogens (primary N) is 1. The summed E-state index contributed by atoms with van der Waals surface area (Å²) in [6.07, 6.45) is 1.45. The smallest absolute Gasteiger partial charge is 0.325 e. The minimum absolute atomic E-state index is 0.0604. The van der Waals surface area contributed by atoms with Gasteiger partial charge in [-0.15, -0.1) is 0 Å². The van der Waals surface area contributed by atoms with Crippen LogP contribution in [0.25, 0.3) is 11.2 Å². The summed E-state index contributed by atoms with van der Waals surface area (Å²) in [6, 6.07) is 4.51. The molecule has 9 heteroatoms. The normalized spacial score (nSPS) is 10.3. The third-order valence-corrected chi connectivity index (χ3v) is 2.81. The fourth-order valence-corrected chi connectivity index (χ4v) is 1.92. The number of amides is 2. The summed E-state index contributed by atoms with van der Waals surface area (Å²) in [5.41, 5.74) is 5.14. The Morgan fingerprint density at radius 2 is 1.96 bits per heavy atom. The molecule has 2 aromatic heterocycles. The molecule has 5 N–H and O–H groups in total. The number of H-pyrrole nitrogens is 2. The van der Waals surface area contributed by atoms with Gasteiger partial charge in [0, 0.05) is 18.3 Å². The number of ether oxygens (including phenoxy) is 1. The van der Waals surface area contributed by atoms with Crippen molar-refractivity contribution >= 4 is 22.9 Å². The van der Waals surface area contributed by atoms with E-state index >= 15 is 0 Å². The number of carbonyl (C=O) groups is 1. The molecule has 3 aromatic rings. The SMILES string of the molecule is CC(C)C.NC(=O)Nc1ccc(Oc2ccnc3[nH]c(=O)[nH]c23)cc1F. The van der Waals surface area contributed by atoms with Crippen molar-refractivity contribution in [3.8, 4) is 11.5 Å². The summed E-state index contributed by atoms with van der Waals surface area (Å²) >= 11 is 0. The first-order chi connectivity index (χ1) is 12.3. The van der Waals surface area contributed by atoms with Gasteiger partial charge in [0.05, 0.1) is 5.69 Å². The van der Waals surface area contributed by atoms with Crippen molar-refractivity contribution in [2.75, 3.05) is 5.32 Å². The molecular formula is C17H20FN5O3. The third kappa shape index (κ3) is 5.07. The van der Waals surface area contributed by atoms with Crippen LogP contribution < -0.4 is 21.5 Å². The highest BCUT2D eigenvalue weighted by atomic mass is 19.1. The molecule has 0 aliphatic rings. The summed E-state index contributed by atoms with van der Waals surface area (Å²) in [6.45, 7) is 6.50. The van der Waals surface area contributed by atoms with Crippen molar-refractivity contribution in [1.29, 1.82) is 0 Å². The van der Waals surface area contributed by atoms with E-state index in [0.717, 1.165) is 12.0 Å². The molecule has 0 fully saturated rings. The highest BCUT2D eigenvalue weighted by Crippen LogP contribution is 2.28. The molecule has 26 heavy (non-hydrogen) atoms. The van der Waals surface area contributed by atoms with Gasteiger partial charge in [0.1, 0.15) is 17.1 Å². The molecule has 8 nitrogen and oxygen atoms in total. The van der Waals surface area contributed by atoms with Crippen molar-refractivity contribution in [3.05, 3.63) is 46.8 Å². The van der Waals surface area contributed by atoms with Gasteiger partial charge in [-0.2, -0.15) is 0 Å². The second-order valence-electron chi connectivity index (χ2n) is 6.08. The van der Waals surface area contributed by atoms with Crippen LogP contribution in [0.2, 0.25) is 0 Å². The van der Waals surface area contributed by atoms with E-state index in [0.29, 0.717) is 16.9 Å². The predicted octanol–water partition coefficient (Wildman–Crippen LogP) is 3.34. The zero-order chi connectivity index (χ0) is 19.3. The maximum absolute atomic E-state index is 13.8. The minimum atomic E-state index is -0.867. The van der Waals surface area contributed by atoms with E-state index in [9.17, 15) is 14.0 Å². The molecule has 0 radical (unpaired) electrons. The summed E-state index contributed by atoms with van der Waals surface area (Å²) in [7, 11) is 0. The number of carbonyl (C=O) groups excluding carboxylic acids is 1. The second-order valence-corrected chi connectivity index (χ2v) is 6.08. The van der Waals surface area contributed by atoms with Crippen LogP contribution in [0.5, 0.6) is 11.5 Å². The number of anilines is 1. The zero-order valence-electron chi connectivity index (χ0n) is 14.6. The lowest BCUT2D eigenvalue weighted by atomic mass is 10.3. The first-order valence-corrected chi connectivity index (χ1v) is 7.87. The number of benzene rings is 1. The number of aromatic amines is 2. The van der Waals surface area contributed by atoms with Crippen LogP contribution >= 0.6 is 0 Å². The molecule has 0 saturated carbocycles. The number of hydrogen-bond donors (Lipinski definition) is 4. The van der Waals surface area contributed by atoms with E-state index < -0.39 is 17.5 Å². The Labute approximate surface area is 148 Å². The Bertz CT molecular complexity index is 962. The van der Waals surface area contributed by atoms with E-state index in [1.807, 2.05) is 0 Å². The minimum Gasteiger partial charge on any atom is -0.455 e. The van der Waals surface area contributed by atoms with E-state index in [1.165, 1.54) is 24.4 Å². The van der Waals surface area contributed by atoms with Crippen molar-refractivity contribution in [2.24, 2.45) is 11.7 Å². The number of primary amides is 1. The molecular weight excluding hydrogens is 341 g/mol. The van der Waals surface area contributed by atoms with E-state index in [4.69, 9.17) is 10.5 Å². The van der Waals surface area contributed by atoms with Gasteiger partial charge in [-0.3, -0.25) is 4.98 Å². The molecule has 1 aromatic carbocycles. The zero-order valence-corrected chi connectivity index (χ0v) is 14.6. The highest BCUT2D eigenvalue weighted by molar-refractivity contribution is 5.88. The molecule has 2 amide bonds. The first-order valence-electron chi connectivity index (χ1n) is 7.87. The van der Waals surface area contributed by atoms with Gasteiger partial charge in [-0.25, -0.2) is 19.0 Å². The van der Waals surface area contributed by atoms with Gasteiger partial charge in [0.15, 0.2) is 11.4 Å². The number of nitrogens with zero attached hydrogens (tertiary/aromatic N) is 1. The average Bonchev–Trinajstić information content (AvgIpc) is 2.90. The van der Waals surface area contributed by atoms with E-state index in [2.05, 4.69) is 41.0 Å². The van der Waals surface area contributed by atoms with Gasteiger partial charge in [-0.1, -0.05) is 20.8 Å². The molecule has 0 atom stereocenters. The topological polar surface area (TPSA) is 126 Å². The van der Waals surface area contributed by atoms with Crippen LogP contribution in [0.1, 0.15) is 20.8 Å². The summed E-state index contributed by atoms with van der Waals surface area (Å²) < 4.78 is 19.3. The predicted molar refractivity (Wildman–Crippen MR) is 96.9 cm³/mol. The molecule has 0 saturated heterocycles. The van der Waals surface area contributed by atoms with Gasteiger partial charge < -0.3 is 20.8 Å². The maximum atomic E-state index is 13.8. The summed E-state index contributed by atoms with van der Waals surface area (Å²) in [4.78, 5) is 31.0. The van der Waals surface area contributed by atoms with E-state index in [1.54, 1.807) is 0 Å². The fourth-order valence-electron chi connectivity index (χ4n) is 1.92. The number of imidazole rings is 1. The number of aromatic nitrogens is 3. The van der Waals surface area contributed by atoms with Crippen LogP contribution in [0, 0.1) is 11.7 Å². The maximum Gasteiger partial charge on any atom is 0.325 e. The third-order valence-electron chi connectivity index (χ3n) is 2.81. The molecule has 138 valence electrons. The largest absolute Gasteiger partial charge is 0.455 e. The lowest BCUT2D eigenvalue weighted by Crippen LogP contribution is -2.19. The number of pyridine rings is 1. The molecule has 0 bridgehead atoms. The van der Waals surface area contributed by atoms with Crippen LogP contribution in [0.3, 0.4) is 0 Å². The van der Waals surface area contributed by atoms with Crippen LogP contribution in [-0.2, 0) is 0 Å². The Balaban J connectivity index is 0.000000552. The number of hydrogen-bond acceptors (Lipinski definition) is 4. The molecule has 3 rings (SSSR count). The number of rotatable bonds is 3. The Morgan fingerprint density at radius 1 is 1.27 bits per heavy atom. The van der Waals surface area contributed by atoms with Crippen molar-refractivity contribution in [3.63, 3.8) is 0 Å². The summed E-state index contributed by atoms with van der Waals surface area (Å²) in [5.74, 6) is 0.615. The van der Waals surface area contributed by atoms with Crippen molar-refractivity contribution < 1.29 is 13.9 Å². The highest BCUT2D eigenvalue weighted by Gasteiger charge is 2.10. The van der Waals surface area contributed by atoms with Gasteiger partial charge in [0.2, 0.25) is 0 Å². The van der Waals surface area contributed by atoms with Crippen LogP contribution in [0.4, 0.5) is 14.9 Å². The first kappa shape index (κ1) is 19.0. The lowest BCUT2D eigenvalue weighted by Gasteiger charge is -2.08. The lowest BCUT2D eigenvalue weighted by molar-refractivity contribution is 0.259. The average molecular weight is 361 g/mol. The monoisotopic (exact) mass is 361 g/mol. The molecule has 0 spiro atoms. The number of fused-ring (bicyclic) bond motifs is 1. The van der Waals surface area contributed by atoms with E-state index in [-0.39, 0.29) is 11.4 Å².